The van der Waals surface area contributed by atoms with Gasteiger partial charge in [-0.1, -0.05) is 57.2 Å². The molecule has 9 nitrogen and oxygen atoms in total. The lowest BCUT2D eigenvalue weighted by molar-refractivity contribution is -0.143. The molecule has 9 heteroatoms. The number of aromatic hydroxyl groups is 1. The van der Waals surface area contributed by atoms with Gasteiger partial charge >= 0.3 is 6.09 Å². The molecule has 1 aliphatic carbocycles. The van der Waals surface area contributed by atoms with Gasteiger partial charge in [0.05, 0.1) is 6.61 Å². The highest BCUT2D eigenvalue weighted by Crippen LogP contribution is 2.31. The summed E-state index contributed by atoms with van der Waals surface area (Å²) >= 11 is 0. The maximum atomic E-state index is 13.7. The van der Waals surface area contributed by atoms with E-state index in [-0.39, 0.29) is 24.2 Å². The second-order valence-electron chi connectivity index (χ2n) is 10.4. The van der Waals surface area contributed by atoms with Crippen LogP contribution in [0, 0.1) is 0 Å². The summed E-state index contributed by atoms with van der Waals surface area (Å²) in [5.74, 6) is -1.11. The molecule has 2 unspecified atom stereocenters. The molecule has 4 N–H and O–H groups in total. The number of carbonyl (C=O) groups excluding carboxylic acids is 3. The third-order valence-corrected chi connectivity index (χ3v) is 6.20. The molecule has 0 bridgehead atoms. The fraction of sp³-hybridized carbons (Fsp3) is 0.667. The second-order valence-corrected chi connectivity index (χ2v) is 10.4. The molecule has 0 aliphatic heterocycles. The molecule has 202 valence electrons. The Morgan fingerprint density at radius 1 is 1.11 bits per heavy atom. The van der Waals surface area contributed by atoms with Crippen LogP contribution < -0.4 is 10.6 Å². The normalized spacial score (nSPS) is 16.0. The van der Waals surface area contributed by atoms with Crippen molar-refractivity contribution in [2.45, 2.75) is 103 Å². The van der Waals surface area contributed by atoms with Crippen LogP contribution in [0.15, 0.2) is 24.3 Å². The van der Waals surface area contributed by atoms with Crippen molar-refractivity contribution < 1.29 is 29.3 Å². The topological polar surface area (TPSA) is 128 Å². The number of aliphatic hydroxyl groups excluding tert-OH is 1. The van der Waals surface area contributed by atoms with Crippen molar-refractivity contribution in [3.63, 3.8) is 0 Å². The molecule has 1 aromatic rings. The number of phenolic OH excluding ortho intramolecular Hbond substituents is 1. The molecule has 0 radical (unpaired) electrons. The standard InChI is InChI=1S/C27H43N3O6/c1-5-6-12-17-30(25(34)21(18-31)29-26(35)36-27(2,3)4)23(20-15-10-11-16-22(20)32)24(33)28-19-13-8-7-9-14-19/h10-11,15-16,19,21,23,31-32H,5-9,12-14,17-18H2,1-4H3,(H,28,33)(H,29,35). The highest BCUT2D eigenvalue weighted by molar-refractivity contribution is 5.92. The van der Waals surface area contributed by atoms with Crippen molar-refractivity contribution >= 4 is 17.9 Å². The number of benzene rings is 1. The number of para-hydroxylation sites is 1. The lowest BCUT2D eigenvalue weighted by Gasteiger charge is -2.35. The molecule has 0 aromatic heterocycles. The fourth-order valence-corrected chi connectivity index (χ4v) is 4.43. The van der Waals surface area contributed by atoms with Crippen LogP contribution in [0.4, 0.5) is 4.79 Å². The van der Waals surface area contributed by atoms with Gasteiger partial charge in [0, 0.05) is 18.2 Å². The van der Waals surface area contributed by atoms with Gasteiger partial charge < -0.3 is 30.5 Å². The summed E-state index contributed by atoms with van der Waals surface area (Å²) in [6.07, 6.45) is 6.41. The number of ether oxygens (including phenoxy) is 1. The van der Waals surface area contributed by atoms with E-state index in [1.807, 2.05) is 6.92 Å². The SMILES string of the molecule is CCCCCN(C(=O)C(CO)NC(=O)OC(C)(C)C)C(C(=O)NC1CCCCC1)c1ccccc1O. The van der Waals surface area contributed by atoms with Crippen LogP contribution in [0.5, 0.6) is 5.75 Å². The minimum Gasteiger partial charge on any atom is -0.508 e. The molecular formula is C27H43N3O6. The first-order valence-electron chi connectivity index (χ1n) is 13.1. The van der Waals surface area contributed by atoms with Gasteiger partial charge in [-0.05, 0) is 46.1 Å². The van der Waals surface area contributed by atoms with Crippen LogP contribution in [0.2, 0.25) is 0 Å². The molecule has 36 heavy (non-hydrogen) atoms. The average molecular weight is 506 g/mol. The first-order chi connectivity index (χ1) is 17.1. The molecule has 0 spiro atoms. The zero-order valence-electron chi connectivity index (χ0n) is 22.1. The quantitative estimate of drug-likeness (QED) is 0.339. The number of rotatable bonds is 11. The second kappa shape index (κ2) is 14.1. The van der Waals surface area contributed by atoms with Crippen molar-refractivity contribution in [3.8, 4) is 5.75 Å². The number of nitrogens with one attached hydrogen (secondary N) is 2. The Kier molecular flexibility index (Phi) is 11.5. The summed E-state index contributed by atoms with van der Waals surface area (Å²) < 4.78 is 5.26. The zero-order chi connectivity index (χ0) is 26.7. The van der Waals surface area contributed by atoms with Crippen molar-refractivity contribution in [2.75, 3.05) is 13.2 Å². The number of phenols is 1. The lowest BCUT2D eigenvalue weighted by atomic mass is 9.94. The molecular weight excluding hydrogens is 462 g/mol. The first-order valence-corrected chi connectivity index (χ1v) is 13.1. The van der Waals surface area contributed by atoms with E-state index in [1.54, 1.807) is 39.0 Å². The van der Waals surface area contributed by atoms with Gasteiger partial charge in [-0.2, -0.15) is 0 Å². The Morgan fingerprint density at radius 3 is 2.36 bits per heavy atom. The van der Waals surface area contributed by atoms with E-state index in [0.717, 1.165) is 44.9 Å². The lowest BCUT2D eigenvalue weighted by Crippen LogP contribution is -2.55. The number of hydrogen-bond acceptors (Lipinski definition) is 6. The van der Waals surface area contributed by atoms with Crippen LogP contribution in [-0.2, 0) is 14.3 Å². The predicted octanol–water partition coefficient (Wildman–Crippen LogP) is 3.79. The molecule has 1 aliphatic rings. The van der Waals surface area contributed by atoms with E-state index in [9.17, 15) is 24.6 Å². The number of aliphatic hydroxyl groups is 1. The van der Waals surface area contributed by atoms with E-state index in [1.165, 1.54) is 11.0 Å². The van der Waals surface area contributed by atoms with Crippen LogP contribution >= 0.6 is 0 Å². The highest BCUT2D eigenvalue weighted by atomic mass is 16.6. The van der Waals surface area contributed by atoms with Gasteiger partial charge in [-0.25, -0.2) is 4.79 Å². The van der Waals surface area contributed by atoms with Crippen molar-refractivity contribution in [1.82, 2.24) is 15.5 Å². The number of unbranched alkanes of at least 4 members (excludes halogenated alkanes) is 2. The smallest absolute Gasteiger partial charge is 0.408 e. The number of alkyl carbamates (subject to hydrolysis) is 1. The van der Waals surface area contributed by atoms with Gasteiger partial charge in [0.15, 0.2) is 0 Å². The Morgan fingerprint density at radius 2 is 1.78 bits per heavy atom. The first kappa shape index (κ1) is 29.4. The Balaban J connectivity index is 2.40. The van der Waals surface area contributed by atoms with Crippen molar-refractivity contribution in [1.29, 1.82) is 0 Å². The maximum Gasteiger partial charge on any atom is 0.408 e. The van der Waals surface area contributed by atoms with Gasteiger partial charge in [0.2, 0.25) is 11.8 Å². The predicted molar refractivity (Wildman–Crippen MR) is 137 cm³/mol. The van der Waals surface area contributed by atoms with E-state index < -0.39 is 36.3 Å². The third kappa shape index (κ3) is 9.00. The van der Waals surface area contributed by atoms with Crippen LogP contribution in [0.3, 0.4) is 0 Å². The molecule has 3 amide bonds. The van der Waals surface area contributed by atoms with Gasteiger partial charge in [0.1, 0.15) is 23.4 Å². The number of carbonyl (C=O) groups is 3. The van der Waals surface area contributed by atoms with Gasteiger partial charge in [0.25, 0.3) is 0 Å². The van der Waals surface area contributed by atoms with Crippen LogP contribution in [0.1, 0.15) is 90.7 Å². The summed E-state index contributed by atoms with van der Waals surface area (Å²) in [5.41, 5.74) is -0.490. The number of amides is 3. The molecule has 1 fully saturated rings. The average Bonchev–Trinajstić information content (AvgIpc) is 2.82. The highest BCUT2D eigenvalue weighted by Gasteiger charge is 2.37. The fourth-order valence-electron chi connectivity index (χ4n) is 4.43. The van der Waals surface area contributed by atoms with Crippen LogP contribution in [-0.4, -0.2) is 63.9 Å². The minimum absolute atomic E-state index is 0.000672. The molecule has 1 aromatic carbocycles. The maximum absolute atomic E-state index is 13.7. The zero-order valence-corrected chi connectivity index (χ0v) is 22.1. The number of hydrogen-bond donors (Lipinski definition) is 4. The summed E-state index contributed by atoms with van der Waals surface area (Å²) in [7, 11) is 0. The molecule has 1 saturated carbocycles. The largest absolute Gasteiger partial charge is 0.508 e. The van der Waals surface area contributed by atoms with Gasteiger partial charge in [-0.15, -0.1) is 0 Å². The van der Waals surface area contributed by atoms with Crippen molar-refractivity contribution in [2.24, 2.45) is 0 Å². The monoisotopic (exact) mass is 505 g/mol. The molecule has 2 atom stereocenters. The number of nitrogens with zero attached hydrogens (tertiary/aromatic N) is 1. The van der Waals surface area contributed by atoms with E-state index in [2.05, 4.69) is 10.6 Å². The van der Waals surface area contributed by atoms with Crippen LogP contribution in [0.25, 0.3) is 0 Å². The van der Waals surface area contributed by atoms with Crippen molar-refractivity contribution in [3.05, 3.63) is 29.8 Å². The minimum atomic E-state index is -1.31. The summed E-state index contributed by atoms with van der Waals surface area (Å²) in [6, 6.07) is 4.03. The molecule has 0 saturated heterocycles. The Labute approximate surface area is 214 Å². The van der Waals surface area contributed by atoms with E-state index in [0.29, 0.717) is 12.0 Å². The Bertz CT molecular complexity index is 863. The summed E-state index contributed by atoms with van der Waals surface area (Å²) in [6.45, 7) is 6.68. The summed E-state index contributed by atoms with van der Waals surface area (Å²) in [4.78, 5) is 41.1. The summed E-state index contributed by atoms with van der Waals surface area (Å²) in [5, 5.41) is 26.2. The third-order valence-electron chi connectivity index (χ3n) is 6.20. The van der Waals surface area contributed by atoms with Gasteiger partial charge in [-0.3, -0.25) is 9.59 Å². The molecule has 2 rings (SSSR count). The Hall–Kier alpha value is -2.81. The molecule has 0 heterocycles. The van der Waals surface area contributed by atoms with E-state index in [4.69, 9.17) is 4.74 Å². The van der Waals surface area contributed by atoms with E-state index >= 15 is 0 Å².